The Balaban J connectivity index is 1.46. The normalized spacial score (nSPS) is 11.2. The summed E-state index contributed by atoms with van der Waals surface area (Å²) in [4.78, 5) is 14.8. The molecule has 0 radical (unpaired) electrons. The van der Waals surface area contributed by atoms with Gasteiger partial charge in [-0.15, -0.1) is 21.5 Å². The molecule has 5 rings (SSSR count). The van der Waals surface area contributed by atoms with Gasteiger partial charge in [0.15, 0.2) is 0 Å². The SMILES string of the molecule is O=C(Nc1ccc2nn(-c3ccccc3)nc2c1)c1sc2ccccc2c1Cl. The molecule has 2 aromatic heterocycles. The van der Waals surface area contributed by atoms with Crippen LogP contribution in [0.25, 0.3) is 26.8 Å². The Labute approximate surface area is 169 Å². The van der Waals surface area contributed by atoms with Crippen LogP contribution in [0, 0.1) is 0 Å². The summed E-state index contributed by atoms with van der Waals surface area (Å²) >= 11 is 7.79. The molecular weight excluding hydrogens is 392 g/mol. The number of carbonyl (C=O) groups is 1. The first-order valence-electron chi connectivity index (χ1n) is 8.60. The van der Waals surface area contributed by atoms with Gasteiger partial charge in [0, 0.05) is 15.8 Å². The van der Waals surface area contributed by atoms with Crippen LogP contribution in [0.1, 0.15) is 9.67 Å². The number of carbonyl (C=O) groups excluding carboxylic acids is 1. The van der Waals surface area contributed by atoms with E-state index < -0.39 is 0 Å². The molecule has 0 bridgehead atoms. The molecule has 0 aliphatic rings. The number of hydrogen-bond donors (Lipinski definition) is 1. The van der Waals surface area contributed by atoms with Crippen molar-refractivity contribution in [3.63, 3.8) is 0 Å². The summed E-state index contributed by atoms with van der Waals surface area (Å²) in [7, 11) is 0. The van der Waals surface area contributed by atoms with Crippen molar-refractivity contribution >= 4 is 55.7 Å². The van der Waals surface area contributed by atoms with E-state index in [1.807, 2.05) is 66.7 Å². The van der Waals surface area contributed by atoms with Gasteiger partial charge in [0.25, 0.3) is 5.91 Å². The summed E-state index contributed by atoms with van der Waals surface area (Å²) < 4.78 is 0.985. The van der Waals surface area contributed by atoms with Crippen molar-refractivity contribution in [2.24, 2.45) is 0 Å². The molecule has 0 unspecified atom stereocenters. The average molecular weight is 405 g/mol. The van der Waals surface area contributed by atoms with Crippen LogP contribution in [0.2, 0.25) is 5.02 Å². The molecule has 136 valence electrons. The third-order valence-electron chi connectivity index (χ3n) is 4.37. The third kappa shape index (κ3) is 2.93. The maximum Gasteiger partial charge on any atom is 0.267 e. The molecule has 2 heterocycles. The van der Waals surface area contributed by atoms with Crippen molar-refractivity contribution in [1.29, 1.82) is 0 Å². The number of rotatable bonds is 3. The molecule has 0 atom stereocenters. The fourth-order valence-electron chi connectivity index (χ4n) is 3.02. The zero-order chi connectivity index (χ0) is 19.1. The lowest BCUT2D eigenvalue weighted by Crippen LogP contribution is -2.10. The predicted octanol–water partition coefficient (Wildman–Crippen LogP) is 5.54. The first-order chi connectivity index (χ1) is 13.7. The Kier molecular flexibility index (Phi) is 4.07. The summed E-state index contributed by atoms with van der Waals surface area (Å²) in [5.74, 6) is -0.235. The van der Waals surface area contributed by atoms with Gasteiger partial charge in [0.05, 0.1) is 10.7 Å². The molecule has 28 heavy (non-hydrogen) atoms. The number of nitrogens with zero attached hydrogens (tertiary/aromatic N) is 3. The van der Waals surface area contributed by atoms with E-state index in [0.717, 1.165) is 21.3 Å². The Morgan fingerprint density at radius 3 is 2.50 bits per heavy atom. The van der Waals surface area contributed by atoms with E-state index in [1.165, 1.54) is 11.3 Å². The van der Waals surface area contributed by atoms with E-state index >= 15 is 0 Å². The van der Waals surface area contributed by atoms with Gasteiger partial charge in [-0.3, -0.25) is 4.79 Å². The predicted molar refractivity (Wildman–Crippen MR) is 114 cm³/mol. The van der Waals surface area contributed by atoms with Gasteiger partial charge >= 0.3 is 0 Å². The summed E-state index contributed by atoms with van der Waals surface area (Å²) in [6, 6.07) is 22.8. The first-order valence-corrected chi connectivity index (χ1v) is 9.79. The van der Waals surface area contributed by atoms with Gasteiger partial charge in [-0.25, -0.2) is 0 Å². The smallest absolute Gasteiger partial charge is 0.267 e. The fourth-order valence-corrected chi connectivity index (χ4v) is 4.43. The molecule has 7 heteroatoms. The van der Waals surface area contributed by atoms with Crippen LogP contribution in [0.5, 0.6) is 0 Å². The summed E-state index contributed by atoms with van der Waals surface area (Å²) in [5.41, 5.74) is 2.97. The summed E-state index contributed by atoms with van der Waals surface area (Å²) in [6.07, 6.45) is 0. The highest BCUT2D eigenvalue weighted by molar-refractivity contribution is 7.21. The number of aromatic nitrogens is 3. The fraction of sp³-hybridized carbons (Fsp3) is 0. The molecule has 0 aliphatic carbocycles. The van der Waals surface area contributed by atoms with Gasteiger partial charge in [-0.1, -0.05) is 48.0 Å². The number of anilines is 1. The highest BCUT2D eigenvalue weighted by Gasteiger charge is 2.17. The van der Waals surface area contributed by atoms with E-state index in [4.69, 9.17) is 11.6 Å². The second-order valence-electron chi connectivity index (χ2n) is 6.22. The lowest BCUT2D eigenvalue weighted by molar-refractivity contribution is 0.103. The zero-order valence-electron chi connectivity index (χ0n) is 14.5. The maximum absolute atomic E-state index is 12.7. The molecule has 0 saturated carbocycles. The molecule has 5 nitrogen and oxygen atoms in total. The average Bonchev–Trinajstić information content (AvgIpc) is 3.30. The van der Waals surface area contributed by atoms with E-state index in [1.54, 1.807) is 10.9 Å². The summed E-state index contributed by atoms with van der Waals surface area (Å²) in [6.45, 7) is 0. The second-order valence-corrected chi connectivity index (χ2v) is 7.65. The Morgan fingerprint density at radius 1 is 0.929 bits per heavy atom. The van der Waals surface area contributed by atoms with Gasteiger partial charge in [0.2, 0.25) is 0 Å². The van der Waals surface area contributed by atoms with Crippen LogP contribution in [-0.2, 0) is 0 Å². The van der Waals surface area contributed by atoms with Gasteiger partial charge in [-0.2, -0.15) is 4.80 Å². The Morgan fingerprint density at radius 2 is 1.68 bits per heavy atom. The Bertz CT molecular complexity index is 1330. The number of thiophene rings is 1. The van der Waals surface area contributed by atoms with E-state index in [-0.39, 0.29) is 5.91 Å². The van der Waals surface area contributed by atoms with Crippen LogP contribution in [0.3, 0.4) is 0 Å². The molecular formula is C21H13ClN4OS. The summed E-state index contributed by atoms with van der Waals surface area (Å²) in [5, 5.41) is 13.3. The molecule has 0 saturated heterocycles. The van der Waals surface area contributed by atoms with Crippen molar-refractivity contribution in [3.8, 4) is 5.69 Å². The minimum absolute atomic E-state index is 0.235. The van der Waals surface area contributed by atoms with Crippen molar-refractivity contribution in [3.05, 3.63) is 82.7 Å². The number of nitrogens with one attached hydrogen (secondary N) is 1. The molecule has 0 spiro atoms. The van der Waals surface area contributed by atoms with Crippen molar-refractivity contribution in [2.75, 3.05) is 5.32 Å². The molecule has 0 fully saturated rings. The lowest BCUT2D eigenvalue weighted by atomic mass is 10.2. The lowest BCUT2D eigenvalue weighted by Gasteiger charge is -2.03. The van der Waals surface area contributed by atoms with Gasteiger partial charge in [0.1, 0.15) is 15.9 Å². The van der Waals surface area contributed by atoms with Crippen molar-refractivity contribution in [2.45, 2.75) is 0 Å². The Hall–Kier alpha value is -3.22. The highest BCUT2D eigenvalue weighted by Crippen LogP contribution is 2.35. The molecule has 0 aliphatic heterocycles. The zero-order valence-corrected chi connectivity index (χ0v) is 16.0. The highest BCUT2D eigenvalue weighted by atomic mass is 35.5. The largest absolute Gasteiger partial charge is 0.321 e. The van der Waals surface area contributed by atoms with Gasteiger partial charge < -0.3 is 5.32 Å². The second kappa shape index (κ2) is 6.74. The molecule has 1 N–H and O–H groups in total. The maximum atomic E-state index is 12.7. The van der Waals surface area contributed by atoms with Crippen LogP contribution in [0.15, 0.2) is 72.8 Å². The third-order valence-corrected chi connectivity index (χ3v) is 6.04. The monoisotopic (exact) mass is 404 g/mol. The van der Waals surface area contributed by atoms with Crippen molar-refractivity contribution < 1.29 is 4.79 Å². The van der Waals surface area contributed by atoms with Crippen molar-refractivity contribution in [1.82, 2.24) is 15.0 Å². The molecule has 5 aromatic rings. The number of hydrogen-bond acceptors (Lipinski definition) is 4. The van der Waals surface area contributed by atoms with Gasteiger partial charge in [-0.05, 0) is 36.4 Å². The van der Waals surface area contributed by atoms with E-state index in [2.05, 4.69) is 15.5 Å². The molecule has 3 aromatic carbocycles. The number of halogens is 1. The first kappa shape index (κ1) is 16.9. The molecule has 1 amide bonds. The number of para-hydroxylation sites is 1. The van der Waals surface area contributed by atoms with Crippen LogP contribution in [-0.4, -0.2) is 20.9 Å². The van der Waals surface area contributed by atoms with E-state index in [0.29, 0.717) is 21.1 Å². The topological polar surface area (TPSA) is 59.8 Å². The standard InChI is InChI=1S/C21H13ClN4OS/c22-19-15-8-4-5-9-18(15)28-20(19)21(27)23-13-10-11-16-17(12-13)25-26(24-16)14-6-2-1-3-7-14/h1-12H,(H,23,27). The van der Waals surface area contributed by atoms with Crippen LogP contribution < -0.4 is 5.32 Å². The van der Waals surface area contributed by atoms with E-state index in [9.17, 15) is 4.79 Å². The number of benzene rings is 3. The van der Waals surface area contributed by atoms with Crippen LogP contribution in [0.4, 0.5) is 5.69 Å². The minimum Gasteiger partial charge on any atom is -0.321 e. The minimum atomic E-state index is -0.235. The van der Waals surface area contributed by atoms with Crippen LogP contribution >= 0.6 is 22.9 Å². The number of amides is 1. The quantitative estimate of drug-likeness (QED) is 0.429. The number of fused-ring (bicyclic) bond motifs is 2.